The Balaban J connectivity index is 1.59. The number of ether oxygens (including phenoxy) is 1. The van der Waals surface area contributed by atoms with Crippen molar-refractivity contribution in [1.29, 1.82) is 0 Å². The van der Waals surface area contributed by atoms with Crippen LogP contribution in [-0.2, 0) is 16.7 Å². The van der Waals surface area contributed by atoms with Crippen LogP contribution in [0.5, 0.6) is 0 Å². The number of morpholine rings is 1. The smallest absolute Gasteiger partial charge is 0.123 e. The highest BCUT2D eigenvalue weighted by atomic mass is 32.1. The Labute approximate surface area is 135 Å². The molecular weight excluding hydrogens is 296 g/mol. The van der Waals surface area contributed by atoms with Crippen LogP contribution in [0.3, 0.4) is 0 Å². The maximum atomic E-state index is 5.94. The van der Waals surface area contributed by atoms with Crippen molar-refractivity contribution in [3.63, 3.8) is 0 Å². The van der Waals surface area contributed by atoms with Crippen LogP contribution < -0.4 is 0 Å². The fourth-order valence-electron chi connectivity index (χ4n) is 2.51. The molecule has 0 N–H and O–H groups in total. The Hall–Kier alpha value is -1.24. The molecule has 0 aliphatic carbocycles. The lowest BCUT2D eigenvalue weighted by atomic mass is 9.93. The summed E-state index contributed by atoms with van der Waals surface area (Å²) < 4.78 is 7.92. The predicted molar refractivity (Wildman–Crippen MR) is 88.2 cm³/mol. The molecule has 0 amide bonds. The maximum Gasteiger partial charge on any atom is 0.123 e. The molecule has 1 saturated heterocycles. The van der Waals surface area contributed by atoms with E-state index in [9.17, 15) is 0 Å². The van der Waals surface area contributed by atoms with Crippen LogP contribution in [-0.4, -0.2) is 45.9 Å². The van der Waals surface area contributed by atoms with Crippen LogP contribution in [0, 0.1) is 0 Å². The van der Waals surface area contributed by atoms with Gasteiger partial charge in [-0.05, 0) is 6.07 Å². The highest BCUT2D eigenvalue weighted by Gasteiger charge is 2.26. The molecule has 0 bridgehead atoms. The first-order valence-electron chi connectivity index (χ1n) is 7.79. The summed E-state index contributed by atoms with van der Waals surface area (Å²) in [5.74, 6) is 0. The molecule has 1 fully saturated rings. The fourth-order valence-corrected chi connectivity index (χ4v) is 3.60. The van der Waals surface area contributed by atoms with Crippen LogP contribution in [0.4, 0.5) is 0 Å². The van der Waals surface area contributed by atoms with Gasteiger partial charge in [0.15, 0.2) is 0 Å². The van der Waals surface area contributed by atoms with E-state index >= 15 is 0 Å². The molecule has 3 rings (SSSR count). The van der Waals surface area contributed by atoms with Crippen molar-refractivity contribution in [2.45, 2.75) is 38.8 Å². The van der Waals surface area contributed by atoms with Gasteiger partial charge >= 0.3 is 0 Å². The molecule has 1 aliphatic rings. The lowest BCUT2D eigenvalue weighted by Crippen LogP contribution is -2.40. The predicted octanol–water partition coefficient (Wildman–Crippen LogP) is 2.71. The third-order valence-electron chi connectivity index (χ3n) is 3.92. The molecule has 0 spiro atoms. The van der Waals surface area contributed by atoms with Crippen molar-refractivity contribution in [1.82, 2.24) is 19.7 Å². The van der Waals surface area contributed by atoms with Crippen molar-refractivity contribution < 1.29 is 4.74 Å². The van der Waals surface area contributed by atoms with Crippen molar-refractivity contribution >= 4 is 11.3 Å². The molecule has 0 unspecified atom stereocenters. The van der Waals surface area contributed by atoms with Crippen LogP contribution >= 0.6 is 11.3 Å². The van der Waals surface area contributed by atoms with Gasteiger partial charge in [0.25, 0.3) is 0 Å². The number of hydrogen-bond acceptors (Lipinski definition) is 5. The third kappa shape index (κ3) is 3.74. The van der Waals surface area contributed by atoms with E-state index in [2.05, 4.69) is 36.1 Å². The molecule has 0 radical (unpaired) electrons. The first-order chi connectivity index (χ1) is 10.5. The second-order valence-corrected chi connectivity index (χ2v) is 7.64. The number of aromatic nitrogens is 3. The first kappa shape index (κ1) is 15.6. The van der Waals surface area contributed by atoms with Gasteiger partial charge in [0.1, 0.15) is 11.1 Å². The van der Waals surface area contributed by atoms with Crippen LogP contribution in [0.2, 0.25) is 0 Å². The average molecular weight is 320 g/mol. The summed E-state index contributed by atoms with van der Waals surface area (Å²) in [4.78, 5) is 7.24. The molecule has 6 heteroatoms. The Kier molecular flexibility index (Phi) is 4.61. The molecule has 5 nitrogen and oxygen atoms in total. The van der Waals surface area contributed by atoms with E-state index in [0.29, 0.717) is 0 Å². The van der Waals surface area contributed by atoms with E-state index in [0.717, 1.165) is 43.5 Å². The van der Waals surface area contributed by atoms with E-state index in [1.165, 1.54) is 0 Å². The van der Waals surface area contributed by atoms with E-state index in [1.807, 2.05) is 23.1 Å². The molecule has 0 aromatic carbocycles. The van der Waals surface area contributed by atoms with Gasteiger partial charge in [-0.1, -0.05) is 20.8 Å². The van der Waals surface area contributed by atoms with Crippen LogP contribution in [0.1, 0.15) is 37.6 Å². The van der Waals surface area contributed by atoms with Crippen LogP contribution in [0.25, 0.3) is 0 Å². The van der Waals surface area contributed by atoms with Gasteiger partial charge in [-0.3, -0.25) is 9.58 Å². The summed E-state index contributed by atoms with van der Waals surface area (Å²) >= 11 is 1.72. The van der Waals surface area contributed by atoms with Gasteiger partial charge in [0, 0.05) is 42.8 Å². The van der Waals surface area contributed by atoms with Crippen molar-refractivity contribution in [3.05, 3.63) is 34.5 Å². The SMILES string of the molecule is CC(C)(C)c1csc([C@@H]2CN(CCn3cccn3)CCO2)n1. The van der Waals surface area contributed by atoms with Gasteiger partial charge in [0.2, 0.25) is 0 Å². The molecule has 120 valence electrons. The largest absolute Gasteiger partial charge is 0.368 e. The highest BCUT2D eigenvalue weighted by Crippen LogP contribution is 2.30. The molecule has 0 saturated carbocycles. The monoisotopic (exact) mass is 320 g/mol. The van der Waals surface area contributed by atoms with E-state index < -0.39 is 0 Å². The third-order valence-corrected chi connectivity index (χ3v) is 4.86. The minimum absolute atomic E-state index is 0.100. The summed E-state index contributed by atoms with van der Waals surface area (Å²) in [6, 6.07) is 1.96. The van der Waals surface area contributed by atoms with Crippen molar-refractivity contribution in [2.24, 2.45) is 0 Å². The average Bonchev–Trinajstić information content (AvgIpc) is 3.16. The molecule has 1 atom stereocenters. The summed E-state index contributed by atoms with van der Waals surface area (Å²) in [6.45, 7) is 11.2. The first-order valence-corrected chi connectivity index (χ1v) is 8.67. The zero-order chi connectivity index (χ0) is 15.6. The minimum atomic E-state index is 0.100. The summed E-state index contributed by atoms with van der Waals surface area (Å²) in [5.41, 5.74) is 1.26. The Morgan fingerprint density at radius 1 is 1.36 bits per heavy atom. The lowest BCUT2D eigenvalue weighted by Gasteiger charge is -2.31. The number of rotatable bonds is 4. The van der Waals surface area contributed by atoms with E-state index in [1.54, 1.807) is 11.3 Å². The Morgan fingerprint density at radius 3 is 2.91 bits per heavy atom. The minimum Gasteiger partial charge on any atom is -0.368 e. The number of hydrogen-bond donors (Lipinski definition) is 0. The van der Waals surface area contributed by atoms with Gasteiger partial charge in [-0.2, -0.15) is 5.10 Å². The zero-order valence-electron chi connectivity index (χ0n) is 13.5. The molecule has 3 heterocycles. The van der Waals surface area contributed by atoms with Gasteiger partial charge < -0.3 is 4.74 Å². The Morgan fingerprint density at radius 2 is 2.23 bits per heavy atom. The molecule has 2 aromatic rings. The molecular formula is C16H24N4OS. The van der Waals surface area contributed by atoms with Crippen molar-refractivity contribution in [2.75, 3.05) is 26.2 Å². The number of nitrogens with zero attached hydrogens (tertiary/aromatic N) is 4. The topological polar surface area (TPSA) is 43.2 Å². The van der Waals surface area contributed by atoms with Gasteiger partial charge in [-0.15, -0.1) is 11.3 Å². The summed E-state index contributed by atoms with van der Waals surface area (Å²) in [7, 11) is 0. The quantitative estimate of drug-likeness (QED) is 0.869. The van der Waals surface area contributed by atoms with Gasteiger partial charge in [0.05, 0.1) is 18.8 Å². The summed E-state index contributed by atoms with van der Waals surface area (Å²) in [6.07, 6.45) is 3.94. The van der Waals surface area contributed by atoms with Crippen molar-refractivity contribution in [3.8, 4) is 0 Å². The number of thiazole rings is 1. The van der Waals surface area contributed by atoms with Crippen LogP contribution in [0.15, 0.2) is 23.8 Å². The molecule has 2 aromatic heterocycles. The summed E-state index contributed by atoms with van der Waals surface area (Å²) in [5, 5.41) is 7.53. The second-order valence-electron chi connectivity index (χ2n) is 6.75. The van der Waals surface area contributed by atoms with E-state index in [-0.39, 0.29) is 11.5 Å². The van der Waals surface area contributed by atoms with E-state index in [4.69, 9.17) is 9.72 Å². The standard InChI is InChI=1S/C16H24N4OS/c1-16(2,3)14-12-22-15(18-14)13-11-19(9-10-21-13)7-8-20-6-4-5-17-20/h4-6,12-13H,7-11H2,1-3H3/t13-/m0/s1. The zero-order valence-corrected chi connectivity index (χ0v) is 14.3. The fraction of sp³-hybridized carbons (Fsp3) is 0.625. The molecule has 22 heavy (non-hydrogen) atoms. The molecule has 1 aliphatic heterocycles. The normalized spacial score (nSPS) is 20.4. The lowest BCUT2D eigenvalue weighted by molar-refractivity contribution is -0.0312. The Bertz CT molecular complexity index is 588. The second kappa shape index (κ2) is 6.48. The maximum absolute atomic E-state index is 5.94. The highest BCUT2D eigenvalue weighted by molar-refractivity contribution is 7.09. The van der Waals surface area contributed by atoms with Gasteiger partial charge in [-0.25, -0.2) is 4.98 Å².